The minimum absolute atomic E-state index is 0.0154. The van der Waals surface area contributed by atoms with Gasteiger partial charge in [-0.05, 0) is 45.7 Å². The summed E-state index contributed by atoms with van der Waals surface area (Å²) in [5.41, 5.74) is -0.0154. The van der Waals surface area contributed by atoms with E-state index in [2.05, 4.69) is 30.8 Å². The molecule has 0 radical (unpaired) electrons. The lowest BCUT2D eigenvalue weighted by Crippen LogP contribution is -2.56. The molecule has 0 amide bonds. The third-order valence-corrected chi connectivity index (χ3v) is 5.25. The van der Waals surface area contributed by atoms with Crippen LogP contribution in [-0.2, 0) is 10.0 Å². The molecule has 0 aliphatic heterocycles. The van der Waals surface area contributed by atoms with Gasteiger partial charge in [0.1, 0.15) is 0 Å². The molecule has 0 heterocycles. The van der Waals surface area contributed by atoms with Gasteiger partial charge in [-0.3, -0.25) is 0 Å². The van der Waals surface area contributed by atoms with Crippen LogP contribution in [0.25, 0.3) is 0 Å². The maximum Gasteiger partial charge on any atom is 0.240 e. The second-order valence-electron chi connectivity index (χ2n) is 6.83. The van der Waals surface area contributed by atoms with E-state index in [1.54, 1.807) is 24.3 Å². The Kier molecular flexibility index (Phi) is 5.07. The van der Waals surface area contributed by atoms with E-state index in [0.29, 0.717) is 4.90 Å². The van der Waals surface area contributed by atoms with Gasteiger partial charge in [-0.1, -0.05) is 31.0 Å². The highest BCUT2D eigenvalue weighted by Gasteiger charge is 2.31. The van der Waals surface area contributed by atoms with Crippen molar-refractivity contribution in [3.05, 3.63) is 30.3 Å². The SMILES string of the molecule is CC(C)(C)NC1CCCCC1NS(=O)(=O)c1ccccc1. The van der Waals surface area contributed by atoms with Crippen molar-refractivity contribution in [2.45, 2.75) is 69.0 Å². The van der Waals surface area contributed by atoms with Crippen LogP contribution < -0.4 is 10.0 Å². The van der Waals surface area contributed by atoms with Gasteiger partial charge < -0.3 is 5.32 Å². The Morgan fingerprint density at radius 3 is 2.14 bits per heavy atom. The maximum atomic E-state index is 12.5. The fourth-order valence-corrected chi connectivity index (χ4v) is 4.20. The molecule has 1 aliphatic carbocycles. The van der Waals surface area contributed by atoms with Gasteiger partial charge in [-0.25, -0.2) is 13.1 Å². The van der Waals surface area contributed by atoms with Crippen molar-refractivity contribution in [2.24, 2.45) is 0 Å². The van der Waals surface area contributed by atoms with Crippen LogP contribution in [0, 0.1) is 0 Å². The molecule has 0 saturated heterocycles. The monoisotopic (exact) mass is 310 g/mol. The van der Waals surface area contributed by atoms with Crippen LogP contribution in [0.4, 0.5) is 0 Å². The standard InChI is InChI=1S/C16H26N2O2S/c1-16(2,3)17-14-11-7-8-12-15(14)18-21(19,20)13-9-5-4-6-10-13/h4-6,9-10,14-15,17-18H,7-8,11-12H2,1-3H3. The van der Waals surface area contributed by atoms with E-state index in [9.17, 15) is 8.42 Å². The van der Waals surface area contributed by atoms with Crippen LogP contribution in [0.15, 0.2) is 35.2 Å². The van der Waals surface area contributed by atoms with Gasteiger partial charge in [0, 0.05) is 17.6 Å². The molecule has 1 aromatic rings. The summed E-state index contributed by atoms with van der Waals surface area (Å²) in [5.74, 6) is 0. The molecule has 118 valence electrons. The van der Waals surface area contributed by atoms with E-state index in [1.165, 1.54) is 0 Å². The molecule has 2 rings (SSSR count). The molecule has 2 N–H and O–H groups in total. The largest absolute Gasteiger partial charge is 0.308 e. The minimum Gasteiger partial charge on any atom is -0.308 e. The number of hydrogen-bond donors (Lipinski definition) is 2. The van der Waals surface area contributed by atoms with E-state index in [4.69, 9.17) is 0 Å². The second-order valence-corrected chi connectivity index (χ2v) is 8.54. The maximum absolute atomic E-state index is 12.5. The molecule has 1 saturated carbocycles. The molecule has 1 fully saturated rings. The van der Waals surface area contributed by atoms with Crippen LogP contribution in [0.1, 0.15) is 46.5 Å². The fraction of sp³-hybridized carbons (Fsp3) is 0.625. The van der Waals surface area contributed by atoms with E-state index in [-0.39, 0.29) is 17.6 Å². The Labute approximate surface area is 128 Å². The number of rotatable bonds is 4. The van der Waals surface area contributed by atoms with Crippen LogP contribution in [0.2, 0.25) is 0 Å². The van der Waals surface area contributed by atoms with Gasteiger partial charge in [-0.15, -0.1) is 0 Å². The molecule has 0 spiro atoms. The summed E-state index contributed by atoms with van der Waals surface area (Å²) < 4.78 is 27.8. The van der Waals surface area contributed by atoms with Crippen molar-refractivity contribution in [3.8, 4) is 0 Å². The van der Waals surface area contributed by atoms with Crippen molar-refractivity contribution in [1.82, 2.24) is 10.0 Å². The Bertz CT molecular complexity index is 549. The van der Waals surface area contributed by atoms with Crippen molar-refractivity contribution >= 4 is 10.0 Å². The first-order valence-corrected chi connectivity index (χ1v) is 9.11. The first-order chi connectivity index (χ1) is 9.78. The lowest BCUT2D eigenvalue weighted by Gasteiger charge is -2.37. The summed E-state index contributed by atoms with van der Waals surface area (Å²) in [6.07, 6.45) is 4.13. The zero-order chi connectivity index (χ0) is 15.5. The summed E-state index contributed by atoms with van der Waals surface area (Å²) in [5, 5.41) is 3.56. The quantitative estimate of drug-likeness (QED) is 0.899. The van der Waals surface area contributed by atoms with Gasteiger partial charge >= 0.3 is 0 Å². The average molecular weight is 310 g/mol. The topological polar surface area (TPSA) is 58.2 Å². The zero-order valence-electron chi connectivity index (χ0n) is 13.1. The minimum atomic E-state index is -3.44. The van der Waals surface area contributed by atoms with Crippen molar-refractivity contribution in [1.29, 1.82) is 0 Å². The first-order valence-electron chi connectivity index (χ1n) is 7.63. The van der Waals surface area contributed by atoms with Crippen molar-refractivity contribution < 1.29 is 8.42 Å². The van der Waals surface area contributed by atoms with Crippen LogP contribution in [0.3, 0.4) is 0 Å². The van der Waals surface area contributed by atoms with Gasteiger partial charge in [0.05, 0.1) is 4.90 Å². The molecule has 1 aliphatic rings. The number of sulfonamides is 1. The third-order valence-electron chi connectivity index (χ3n) is 3.74. The van der Waals surface area contributed by atoms with Gasteiger partial charge in [0.15, 0.2) is 0 Å². The zero-order valence-corrected chi connectivity index (χ0v) is 13.9. The first kappa shape index (κ1) is 16.5. The number of nitrogens with one attached hydrogen (secondary N) is 2. The van der Waals surface area contributed by atoms with E-state index < -0.39 is 10.0 Å². The van der Waals surface area contributed by atoms with E-state index in [0.717, 1.165) is 25.7 Å². The Hall–Kier alpha value is -0.910. The van der Waals surface area contributed by atoms with Gasteiger partial charge in [-0.2, -0.15) is 0 Å². The highest BCUT2D eigenvalue weighted by molar-refractivity contribution is 7.89. The van der Waals surface area contributed by atoms with Crippen molar-refractivity contribution in [3.63, 3.8) is 0 Å². The summed E-state index contributed by atoms with van der Waals surface area (Å²) in [6.45, 7) is 6.35. The van der Waals surface area contributed by atoms with Crippen LogP contribution >= 0.6 is 0 Å². The molecule has 0 aromatic heterocycles. The summed E-state index contributed by atoms with van der Waals surface area (Å²) in [7, 11) is -3.44. The lowest BCUT2D eigenvalue weighted by molar-refractivity contribution is 0.255. The molecule has 5 heteroatoms. The fourth-order valence-electron chi connectivity index (χ4n) is 2.87. The highest BCUT2D eigenvalue weighted by atomic mass is 32.2. The summed E-state index contributed by atoms with van der Waals surface area (Å²) >= 11 is 0. The van der Waals surface area contributed by atoms with Gasteiger partial charge in [0.25, 0.3) is 0 Å². The molecule has 21 heavy (non-hydrogen) atoms. The smallest absolute Gasteiger partial charge is 0.240 e. The molecule has 2 unspecified atom stereocenters. The summed E-state index contributed by atoms with van der Waals surface area (Å²) in [6, 6.07) is 8.75. The van der Waals surface area contributed by atoms with Crippen LogP contribution in [-0.4, -0.2) is 26.0 Å². The molecule has 1 aromatic carbocycles. The van der Waals surface area contributed by atoms with Crippen LogP contribution in [0.5, 0.6) is 0 Å². The molecule has 4 nitrogen and oxygen atoms in total. The Morgan fingerprint density at radius 1 is 1.00 bits per heavy atom. The Morgan fingerprint density at radius 2 is 1.57 bits per heavy atom. The second kappa shape index (κ2) is 6.46. The van der Waals surface area contributed by atoms with Gasteiger partial charge in [0.2, 0.25) is 10.0 Å². The number of hydrogen-bond acceptors (Lipinski definition) is 3. The normalized spacial score (nSPS) is 24.0. The molecular formula is C16H26N2O2S. The predicted octanol–water partition coefficient (Wildman–Crippen LogP) is 2.66. The third kappa shape index (κ3) is 4.80. The predicted molar refractivity (Wildman–Crippen MR) is 85.7 cm³/mol. The average Bonchev–Trinajstić information content (AvgIpc) is 2.40. The molecular weight excluding hydrogens is 284 g/mol. The van der Waals surface area contributed by atoms with E-state index >= 15 is 0 Å². The van der Waals surface area contributed by atoms with Crippen molar-refractivity contribution in [2.75, 3.05) is 0 Å². The lowest BCUT2D eigenvalue weighted by atomic mass is 9.89. The molecule has 2 atom stereocenters. The summed E-state index contributed by atoms with van der Waals surface area (Å²) in [4.78, 5) is 0.338. The van der Waals surface area contributed by atoms with E-state index in [1.807, 2.05) is 6.07 Å². The Balaban J connectivity index is 2.12. The highest BCUT2D eigenvalue weighted by Crippen LogP contribution is 2.22. The number of benzene rings is 1. The molecule has 0 bridgehead atoms.